The van der Waals surface area contributed by atoms with Crippen molar-refractivity contribution in [2.45, 2.75) is 19.3 Å². The second-order valence-electron chi connectivity index (χ2n) is 8.40. The van der Waals surface area contributed by atoms with Gasteiger partial charge in [-0.25, -0.2) is 0 Å². The molecule has 9 heteroatoms. The number of likely N-dealkylation sites (tertiary alicyclic amines) is 1. The molecule has 2 aromatic rings. The normalized spacial score (nSPS) is 26.9. The summed E-state index contributed by atoms with van der Waals surface area (Å²) in [5.74, 6) is 1.92. The summed E-state index contributed by atoms with van der Waals surface area (Å²) in [4.78, 5) is 31.2. The maximum atomic E-state index is 12.7. The molecule has 3 heterocycles. The number of pyridine rings is 1. The van der Waals surface area contributed by atoms with Gasteiger partial charge in [-0.3, -0.25) is 23.9 Å². The summed E-state index contributed by atoms with van der Waals surface area (Å²) >= 11 is 0. The lowest BCUT2D eigenvalue weighted by Gasteiger charge is -2.18. The van der Waals surface area contributed by atoms with Crippen LogP contribution in [0, 0.1) is 23.7 Å². The fourth-order valence-electron chi connectivity index (χ4n) is 5.20. The molecular weight excluding hydrogens is 394 g/mol. The minimum atomic E-state index is -0.113. The largest absolute Gasteiger partial charge is 0.356 e. The number of hydrogen-bond donors (Lipinski definition) is 2. The quantitative estimate of drug-likeness (QED) is 0.224. The number of imide groups is 1. The lowest BCUT2D eigenvalue weighted by molar-refractivity contribution is -0.140. The van der Waals surface area contributed by atoms with Crippen LogP contribution in [-0.4, -0.2) is 64.0 Å². The van der Waals surface area contributed by atoms with Crippen molar-refractivity contribution in [3.05, 3.63) is 42.4 Å². The fourth-order valence-corrected chi connectivity index (χ4v) is 5.20. The van der Waals surface area contributed by atoms with Crippen molar-refractivity contribution in [1.82, 2.24) is 30.1 Å². The molecule has 9 nitrogen and oxygen atoms in total. The predicted octanol–water partition coefficient (Wildman–Crippen LogP) is 0.634. The zero-order valence-electron chi connectivity index (χ0n) is 17.6. The molecule has 2 N–H and O–H groups in total. The first kappa shape index (κ1) is 19.7. The van der Waals surface area contributed by atoms with Crippen LogP contribution in [0.4, 0.5) is 0 Å². The average molecular weight is 422 g/mol. The highest BCUT2D eigenvalue weighted by Crippen LogP contribution is 2.52. The first-order valence-electron chi connectivity index (χ1n) is 10.9. The summed E-state index contributed by atoms with van der Waals surface area (Å²) < 4.78 is 1.97. The lowest BCUT2D eigenvalue weighted by Crippen LogP contribution is -2.40. The molecule has 0 spiro atoms. The highest BCUT2D eigenvalue weighted by atomic mass is 16.2. The van der Waals surface area contributed by atoms with Crippen LogP contribution in [0.1, 0.15) is 18.7 Å². The summed E-state index contributed by atoms with van der Waals surface area (Å²) in [5.41, 5.74) is 0.832. The van der Waals surface area contributed by atoms with Gasteiger partial charge in [-0.15, -0.1) is 10.2 Å². The molecule has 31 heavy (non-hydrogen) atoms. The van der Waals surface area contributed by atoms with Crippen molar-refractivity contribution in [2.24, 2.45) is 28.7 Å². The Morgan fingerprint density at radius 2 is 1.84 bits per heavy atom. The van der Waals surface area contributed by atoms with Crippen molar-refractivity contribution < 1.29 is 9.59 Å². The van der Waals surface area contributed by atoms with E-state index in [9.17, 15) is 9.59 Å². The number of amides is 2. The average Bonchev–Trinajstić information content (AvgIpc) is 3.55. The number of nitrogens with one attached hydrogen (secondary N) is 2. The third-order valence-electron chi connectivity index (χ3n) is 6.66. The minimum absolute atomic E-state index is 0.0230. The molecule has 2 amide bonds. The number of hydrogen-bond acceptors (Lipinski definition) is 5. The Balaban J connectivity index is 1.06. The maximum Gasteiger partial charge on any atom is 0.233 e. The van der Waals surface area contributed by atoms with Crippen molar-refractivity contribution in [3.8, 4) is 0 Å². The van der Waals surface area contributed by atoms with Crippen LogP contribution in [-0.2, 0) is 16.0 Å². The van der Waals surface area contributed by atoms with Gasteiger partial charge >= 0.3 is 0 Å². The number of aliphatic imine (C=N–C) groups is 1. The van der Waals surface area contributed by atoms with E-state index < -0.39 is 0 Å². The van der Waals surface area contributed by atoms with E-state index in [1.165, 1.54) is 4.90 Å². The lowest BCUT2D eigenvalue weighted by atomic mass is 9.85. The van der Waals surface area contributed by atoms with Gasteiger partial charge in [0.2, 0.25) is 11.8 Å². The van der Waals surface area contributed by atoms with Crippen LogP contribution in [0.3, 0.4) is 0 Å². The van der Waals surface area contributed by atoms with Crippen molar-refractivity contribution >= 4 is 23.4 Å². The van der Waals surface area contributed by atoms with E-state index in [4.69, 9.17) is 0 Å². The molecule has 162 valence electrons. The molecule has 2 aromatic heterocycles. The number of nitrogens with zero attached hydrogens (tertiary/aromatic N) is 5. The molecule has 0 aromatic carbocycles. The highest BCUT2D eigenvalue weighted by Gasteiger charge is 2.58. The summed E-state index contributed by atoms with van der Waals surface area (Å²) in [6.45, 7) is 1.75. The number of guanidine groups is 1. The van der Waals surface area contributed by atoms with Gasteiger partial charge in [0, 0.05) is 39.3 Å². The van der Waals surface area contributed by atoms with E-state index in [0.717, 1.165) is 17.9 Å². The molecular formula is C22H27N7O2. The third kappa shape index (κ3) is 3.47. The van der Waals surface area contributed by atoms with Crippen LogP contribution in [0.5, 0.6) is 0 Å². The third-order valence-corrected chi connectivity index (χ3v) is 6.66. The van der Waals surface area contributed by atoms with Crippen LogP contribution < -0.4 is 10.6 Å². The number of carbonyl (C=O) groups excluding carboxylic acids is 2. The van der Waals surface area contributed by atoms with E-state index in [-0.39, 0.29) is 35.5 Å². The van der Waals surface area contributed by atoms with Crippen LogP contribution in [0.25, 0.3) is 5.65 Å². The van der Waals surface area contributed by atoms with Crippen molar-refractivity contribution in [2.75, 3.05) is 26.7 Å². The Hall–Kier alpha value is -3.23. The molecule has 4 atom stereocenters. The van der Waals surface area contributed by atoms with E-state index >= 15 is 0 Å². The zero-order valence-corrected chi connectivity index (χ0v) is 17.6. The van der Waals surface area contributed by atoms with Crippen molar-refractivity contribution in [1.29, 1.82) is 0 Å². The predicted molar refractivity (Wildman–Crippen MR) is 115 cm³/mol. The van der Waals surface area contributed by atoms with Gasteiger partial charge < -0.3 is 10.6 Å². The summed E-state index contributed by atoms with van der Waals surface area (Å²) in [6, 6.07) is 5.82. The SMILES string of the molecule is CN=C(NCCCN1C(=O)C2C3C=CC(C3)C2C1=O)NCCc1nnc2ccccn12. The second kappa shape index (κ2) is 8.13. The molecule has 2 fully saturated rings. The molecule has 1 aliphatic heterocycles. The minimum Gasteiger partial charge on any atom is -0.356 e. The Labute approximate surface area is 180 Å². The summed E-state index contributed by atoms with van der Waals surface area (Å²) in [6.07, 6.45) is 8.57. The Bertz CT molecular complexity index is 1030. The summed E-state index contributed by atoms with van der Waals surface area (Å²) in [7, 11) is 1.72. The first-order chi connectivity index (χ1) is 15.2. The van der Waals surface area contributed by atoms with Gasteiger partial charge in [-0.05, 0) is 36.8 Å². The molecule has 3 aliphatic rings. The Morgan fingerprint density at radius 3 is 2.58 bits per heavy atom. The molecule has 1 saturated carbocycles. The Morgan fingerprint density at radius 1 is 1.10 bits per heavy atom. The molecule has 2 bridgehead atoms. The van der Waals surface area contributed by atoms with E-state index in [1.54, 1.807) is 7.05 Å². The molecule has 1 saturated heterocycles. The van der Waals surface area contributed by atoms with Gasteiger partial charge in [0.05, 0.1) is 11.8 Å². The number of carbonyl (C=O) groups is 2. The highest BCUT2D eigenvalue weighted by molar-refractivity contribution is 6.06. The van der Waals surface area contributed by atoms with Gasteiger partial charge in [-0.1, -0.05) is 18.2 Å². The number of rotatable bonds is 7. The van der Waals surface area contributed by atoms with Gasteiger partial charge in [-0.2, -0.15) is 0 Å². The summed E-state index contributed by atoms with van der Waals surface area (Å²) in [5, 5.41) is 14.9. The number of aromatic nitrogens is 3. The van der Waals surface area contributed by atoms with Gasteiger partial charge in [0.25, 0.3) is 0 Å². The molecule has 5 rings (SSSR count). The number of allylic oxidation sites excluding steroid dienone is 2. The zero-order chi connectivity index (χ0) is 21.4. The van der Waals surface area contributed by atoms with Crippen LogP contribution in [0.2, 0.25) is 0 Å². The molecule has 2 aliphatic carbocycles. The van der Waals surface area contributed by atoms with Crippen LogP contribution in [0.15, 0.2) is 41.5 Å². The van der Waals surface area contributed by atoms with Crippen molar-refractivity contribution in [3.63, 3.8) is 0 Å². The Kier molecular flexibility index (Phi) is 5.17. The fraction of sp³-hybridized carbons (Fsp3) is 0.500. The second-order valence-corrected chi connectivity index (χ2v) is 8.40. The van der Waals surface area contributed by atoms with E-state index in [0.29, 0.717) is 38.4 Å². The maximum absolute atomic E-state index is 12.7. The topological polar surface area (TPSA) is 104 Å². The molecule has 4 unspecified atom stereocenters. The first-order valence-corrected chi connectivity index (χ1v) is 10.9. The van der Waals surface area contributed by atoms with Gasteiger partial charge in [0.1, 0.15) is 5.82 Å². The number of fused-ring (bicyclic) bond motifs is 6. The smallest absolute Gasteiger partial charge is 0.233 e. The van der Waals surface area contributed by atoms with E-state index in [2.05, 4.69) is 38.0 Å². The standard InChI is InChI=1S/C22H27N7O2/c1-23-22(25-10-8-17-27-26-16-5-2-3-11-28(16)17)24-9-4-12-29-20(30)18-14-6-7-15(13-14)19(18)21(29)31/h2-3,5-7,11,14-15,18-19H,4,8-10,12-13H2,1H3,(H2,23,24,25). The van der Waals surface area contributed by atoms with E-state index in [1.807, 2.05) is 28.8 Å². The monoisotopic (exact) mass is 421 g/mol. The van der Waals surface area contributed by atoms with Crippen LogP contribution >= 0.6 is 0 Å². The van der Waals surface area contributed by atoms with Gasteiger partial charge in [0.15, 0.2) is 11.6 Å². The molecule has 0 radical (unpaired) electrons.